The summed E-state index contributed by atoms with van der Waals surface area (Å²) in [5.41, 5.74) is 1.44. The summed E-state index contributed by atoms with van der Waals surface area (Å²) in [6.07, 6.45) is 1.65. The number of benzene rings is 1. The Morgan fingerprint density at radius 1 is 1.32 bits per heavy atom. The van der Waals surface area contributed by atoms with E-state index in [-0.39, 0.29) is 17.0 Å². The number of nitrogens with zero attached hydrogens (tertiary/aromatic N) is 4. The number of imidazole rings is 1. The van der Waals surface area contributed by atoms with Crippen molar-refractivity contribution in [3.63, 3.8) is 0 Å². The van der Waals surface area contributed by atoms with Crippen LogP contribution in [-0.4, -0.2) is 78.8 Å². The van der Waals surface area contributed by atoms with Gasteiger partial charge in [0.2, 0.25) is 15.0 Å². The van der Waals surface area contributed by atoms with Gasteiger partial charge in [-0.15, -0.1) is 0 Å². The molecular formula is C23H34ClN5O3S2. The molecule has 3 rings (SSSR count). The van der Waals surface area contributed by atoms with Crippen LogP contribution in [0.3, 0.4) is 0 Å². The Morgan fingerprint density at radius 2 is 2.06 bits per heavy atom. The van der Waals surface area contributed by atoms with Crippen LogP contribution >= 0.6 is 23.8 Å². The van der Waals surface area contributed by atoms with Crippen LogP contribution in [0.5, 0.6) is 0 Å². The first-order valence-corrected chi connectivity index (χ1v) is 14.0. The van der Waals surface area contributed by atoms with Crippen LogP contribution < -0.4 is 5.32 Å². The maximum atomic E-state index is 13.3. The number of halogens is 1. The van der Waals surface area contributed by atoms with Crippen LogP contribution in [-0.2, 0) is 26.9 Å². The number of thiocarbonyl (C=S) groups is 1. The molecule has 0 unspecified atom stereocenters. The molecule has 2 aromatic rings. The summed E-state index contributed by atoms with van der Waals surface area (Å²) in [5, 5.41) is 4.46. The lowest BCUT2D eigenvalue weighted by Gasteiger charge is -2.31. The van der Waals surface area contributed by atoms with Crippen LogP contribution in [0.1, 0.15) is 38.1 Å². The fourth-order valence-electron chi connectivity index (χ4n) is 3.99. The lowest BCUT2D eigenvalue weighted by Crippen LogP contribution is -2.46. The van der Waals surface area contributed by atoms with Crippen molar-refractivity contribution in [1.29, 1.82) is 0 Å². The lowest BCUT2D eigenvalue weighted by molar-refractivity contribution is 0.0356. The van der Waals surface area contributed by atoms with Gasteiger partial charge in [-0.05, 0) is 50.7 Å². The first kappa shape index (κ1) is 26.9. The van der Waals surface area contributed by atoms with Crippen molar-refractivity contribution in [2.75, 3.05) is 45.9 Å². The van der Waals surface area contributed by atoms with Gasteiger partial charge in [-0.1, -0.05) is 23.7 Å². The van der Waals surface area contributed by atoms with Crippen LogP contribution in [0, 0.1) is 0 Å². The van der Waals surface area contributed by atoms with Gasteiger partial charge in [0.25, 0.3) is 0 Å². The number of morpholine rings is 1. The van der Waals surface area contributed by atoms with Crippen molar-refractivity contribution in [3.8, 4) is 0 Å². The summed E-state index contributed by atoms with van der Waals surface area (Å²) >= 11 is 11.7. The van der Waals surface area contributed by atoms with Gasteiger partial charge < -0.3 is 19.5 Å². The van der Waals surface area contributed by atoms with Gasteiger partial charge in [-0.25, -0.2) is 13.4 Å². The Labute approximate surface area is 213 Å². The second-order valence-corrected chi connectivity index (χ2v) is 11.3. The molecule has 0 atom stereocenters. The fourth-order valence-corrected chi connectivity index (χ4v) is 6.09. The highest BCUT2D eigenvalue weighted by molar-refractivity contribution is 7.90. The van der Waals surface area contributed by atoms with E-state index in [1.807, 2.05) is 20.8 Å². The van der Waals surface area contributed by atoms with Crippen molar-refractivity contribution in [3.05, 3.63) is 46.7 Å². The largest absolute Gasteiger partial charge is 0.379 e. The van der Waals surface area contributed by atoms with Crippen molar-refractivity contribution in [1.82, 2.24) is 24.7 Å². The Morgan fingerprint density at radius 3 is 2.71 bits per heavy atom. The average molecular weight is 528 g/mol. The smallest absolute Gasteiger partial charge is 0.228 e. The van der Waals surface area contributed by atoms with E-state index in [9.17, 15) is 8.42 Å². The standard InChI is InChI=1S/C23H34ClN5O3S2/c1-4-25-22(33)28(9-8-27-10-12-32-13-11-27)16-21-15-26-23(29(21)18(2)3)34(30,31)17-19-6-5-7-20(24)14-19/h5-7,14-15,18H,4,8-13,16-17H2,1-3H3,(H,25,33). The van der Waals surface area contributed by atoms with E-state index < -0.39 is 9.84 Å². The molecule has 0 bridgehead atoms. The van der Waals surface area contributed by atoms with Gasteiger partial charge in [0.15, 0.2) is 5.11 Å². The number of ether oxygens (including phenoxy) is 1. The summed E-state index contributed by atoms with van der Waals surface area (Å²) in [6.45, 7) is 12.0. The predicted octanol–water partition coefficient (Wildman–Crippen LogP) is 3.12. The molecule has 1 saturated heterocycles. The molecule has 8 nitrogen and oxygen atoms in total. The zero-order valence-electron chi connectivity index (χ0n) is 20.0. The lowest BCUT2D eigenvalue weighted by atomic mass is 10.2. The molecule has 0 radical (unpaired) electrons. The molecule has 0 spiro atoms. The summed E-state index contributed by atoms with van der Waals surface area (Å²) in [5.74, 6) is -0.159. The third-order valence-electron chi connectivity index (χ3n) is 5.64. The van der Waals surface area contributed by atoms with Crippen molar-refractivity contribution < 1.29 is 13.2 Å². The average Bonchev–Trinajstić information content (AvgIpc) is 3.22. The highest BCUT2D eigenvalue weighted by atomic mass is 35.5. The Kier molecular flexibility index (Phi) is 9.73. The van der Waals surface area contributed by atoms with Gasteiger partial charge in [0.1, 0.15) is 0 Å². The third-order valence-corrected chi connectivity index (χ3v) is 7.85. The van der Waals surface area contributed by atoms with Crippen molar-refractivity contribution >= 4 is 38.8 Å². The van der Waals surface area contributed by atoms with Gasteiger partial charge >= 0.3 is 0 Å². The van der Waals surface area contributed by atoms with Crippen molar-refractivity contribution in [2.24, 2.45) is 0 Å². The molecule has 0 aliphatic carbocycles. The second kappa shape index (κ2) is 12.3. The Bertz CT molecular complexity index is 1070. The SMILES string of the molecule is CCNC(=S)N(CCN1CCOCC1)Cc1cnc(S(=O)(=O)Cc2cccc(Cl)c2)n1C(C)C. The second-order valence-electron chi connectivity index (χ2n) is 8.60. The number of sulfone groups is 1. The maximum Gasteiger partial charge on any atom is 0.228 e. The van der Waals surface area contributed by atoms with E-state index in [0.717, 1.165) is 51.6 Å². The monoisotopic (exact) mass is 527 g/mol. The van der Waals surface area contributed by atoms with Gasteiger partial charge in [-0.2, -0.15) is 0 Å². The van der Waals surface area contributed by atoms with E-state index in [2.05, 4.69) is 20.1 Å². The molecule has 188 valence electrons. The number of hydrogen-bond acceptors (Lipinski definition) is 6. The van der Waals surface area contributed by atoms with Crippen LogP contribution in [0.25, 0.3) is 0 Å². The van der Waals surface area contributed by atoms with Crippen LogP contribution in [0.2, 0.25) is 5.02 Å². The molecule has 2 heterocycles. The molecule has 1 aliphatic heterocycles. The van der Waals surface area contributed by atoms with Gasteiger partial charge in [-0.3, -0.25) is 4.90 Å². The topological polar surface area (TPSA) is 79.7 Å². The first-order chi connectivity index (χ1) is 16.2. The van der Waals surface area contributed by atoms with E-state index in [1.165, 1.54) is 0 Å². The third kappa shape index (κ3) is 7.14. The molecular weight excluding hydrogens is 494 g/mol. The molecule has 1 aromatic heterocycles. The summed E-state index contributed by atoms with van der Waals surface area (Å²) < 4.78 is 33.9. The molecule has 1 aliphatic rings. The normalized spacial score (nSPS) is 15.0. The Balaban J connectivity index is 1.83. The summed E-state index contributed by atoms with van der Waals surface area (Å²) in [4.78, 5) is 8.79. The first-order valence-electron chi connectivity index (χ1n) is 11.6. The Hall–Kier alpha value is -1.72. The molecule has 1 N–H and O–H groups in total. The number of rotatable bonds is 10. The van der Waals surface area contributed by atoms with Crippen LogP contribution in [0.4, 0.5) is 0 Å². The quantitative estimate of drug-likeness (QED) is 0.472. The fraction of sp³-hybridized carbons (Fsp3) is 0.565. The van der Waals surface area contributed by atoms with Gasteiger partial charge in [0.05, 0.1) is 37.4 Å². The predicted molar refractivity (Wildman–Crippen MR) is 139 cm³/mol. The molecule has 0 amide bonds. The highest BCUT2D eigenvalue weighted by Crippen LogP contribution is 2.23. The van der Waals surface area contributed by atoms with E-state index >= 15 is 0 Å². The molecule has 34 heavy (non-hydrogen) atoms. The molecule has 11 heteroatoms. The molecule has 1 fully saturated rings. The summed E-state index contributed by atoms with van der Waals surface area (Å²) in [7, 11) is -3.68. The van der Waals surface area contributed by atoms with E-state index in [4.69, 9.17) is 28.6 Å². The summed E-state index contributed by atoms with van der Waals surface area (Å²) in [6, 6.07) is 6.82. The zero-order chi connectivity index (χ0) is 24.7. The van der Waals surface area contributed by atoms with E-state index in [0.29, 0.717) is 22.2 Å². The van der Waals surface area contributed by atoms with Crippen molar-refractivity contribution in [2.45, 2.75) is 44.3 Å². The minimum Gasteiger partial charge on any atom is -0.379 e. The number of nitrogens with one attached hydrogen (secondary N) is 1. The van der Waals surface area contributed by atoms with Crippen LogP contribution in [0.15, 0.2) is 35.6 Å². The zero-order valence-corrected chi connectivity index (χ0v) is 22.4. The highest BCUT2D eigenvalue weighted by Gasteiger charge is 2.26. The number of hydrogen-bond donors (Lipinski definition) is 1. The van der Waals surface area contributed by atoms with Gasteiger partial charge in [0, 0.05) is 43.8 Å². The minimum absolute atomic E-state index is 0.0694. The maximum absolute atomic E-state index is 13.3. The number of aromatic nitrogens is 2. The molecule has 1 aromatic carbocycles. The van der Waals surface area contributed by atoms with E-state index in [1.54, 1.807) is 35.0 Å². The molecule has 0 saturated carbocycles. The minimum atomic E-state index is -3.68.